The van der Waals surface area contributed by atoms with Gasteiger partial charge in [0.2, 0.25) is 0 Å². The predicted molar refractivity (Wildman–Crippen MR) is 132 cm³/mol. The lowest BCUT2D eigenvalue weighted by Gasteiger charge is -2.28. The van der Waals surface area contributed by atoms with E-state index in [0.29, 0.717) is 41.0 Å². The highest BCUT2D eigenvalue weighted by Gasteiger charge is 2.32. The molecule has 0 unspecified atom stereocenters. The van der Waals surface area contributed by atoms with E-state index in [1.165, 1.54) is 13.3 Å². The molecule has 0 saturated heterocycles. The number of anilines is 1. The van der Waals surface area contributed by atoms with Gasteiger partial charge in [-0.05, 0) is 37.6 Å². The second kappa shape index (κ2) is 12.0. The Bertz CT molecular complexity index is 1140. The predicted octanol–water partition coefficient (Wildman–Crippen LogP) is 1.87. The number of aliphatic hydroxyl groups is 1. The van der Waals surface area contributed by atoms with Crippen molar-refractivity contribution < 1.29 is 33.3 Å². The Morgan fingerprint density at radius 1 is 1.28 bits per heavy atom. The Balaban J connectivity index is 1.69. The molecule has 0 aliphatic carbocycles. The molecule has 0 fully saturated rings. The molecule has 2 heterocycles. The van der Waals surface area contributed by atoms with Gasteiger partial charge < -0.3 is 39.3 Å². The zero-order chi connectivity index (χ0) is 26.2. The van der Waals surface area contributed by atoms with Gasteiger partial charge in [-0.3, -0.25) is 5.43 Å². The third kappa shape index (κ3) is 6.48. The van der Waals surface area contributed by atoms with Gasteiger partial charge in [0, 0.05) is 25.9 Å². The number of carbonyl (C=O) groups excluding carboxylic acids is 2. The summed E-state index contributed by atoms with van der Waals surface area (Å²) in [4.78, 5) is 26.2. The molecule has 12 nitrogen and oxygen atoms in total. The van der Waals surface area contributed by atoms with E-state index in [1.807, 2.05) is 25.9 Å². The molecule has 12 heteroatoms. The van der Waals surface area contributed by atoms with Crippen LogP contribution in [0.2, 0.25) is 0 Å². The minimum absolute atomic E-state index is 0.131. The van der Waals surface area contributed by atoms with E-state index < -0.39 is 24.3 Å². The molecule has 2 atom stereocenters. The fourth-order valence-electron chi connectivity index (χ4n) is 3.46. The number of hydrazone groups is 1. The summed E-state index contributed by atoms with van der Waals surface area (Å²) in [5.41, 5.74) is 3.84. The van der Waals surface area contributed by atoms with E-state index in [0.717, 1.165) is 0 Å². The summed E-state index contributed by atoms with van der Waals surface area (Å²) in [5, 5.41) is 19.5. The van der Waals surface area contributed by atoms with Gasteiger partial charge in [0.25, 0.3) is 0 Å². The van der Waals surface area contributed by atoms with E-state index in [-0.39, 0.29) is 12.2 Å². The lowest BCUT2D eigenvalue weighted by molar-refractivity contribution is -0.136. The highest BCUT2D eigenvalue weighted by Crippen LogP contribution is 2.34. The number of nitrogens with zero attached hydrogens (tertiary/aromatic N) is 2. The molecule has 2 amide bonds. The monoisotopic (exact) mass is 501 g/mol. The second-order valence-corrected chi connectivity index (χ2v) is 7.99. The number of methoxy groups -OCH3 is 1. The van der Waals surface area contributed by atoms with Crippen LogP contribution in [0, 0.1) is 0 Å². The summed E-state index contributed by atoms with van der Waals surface area (Å²) < 4.78 is 21.9. The van der Waals surface area contributed by atoms with Gasteiger partial charge in [-0.2, -0.15) is 5.10 Å². The zero-order valence-corrected chi connectivity index (χ0v) is 20.8. The van der Waals surface area contributed by atoms with Gasteiger partial charge in [0.05, 0.1) is 31.5 Å². The van der Waals surface area contributed by atoms with Crippen molar-refractivity contribution in [1.29, 1.82) is 0 Å². The maximum atomic E-state index is 12.3. The number of allylic oxidation sites excluding steroid dienone is 1. The molecule has 194 valence electrons. The van der Waals surface area contributed by atoms with Crippen LogP contribution in [0.15, 0.2) is 51.1 Å². The summed E-state index contributed by atoms with van der Waals surface area (Å²) in [6, 6.07) is 7.39. The quantitative estimate of drug-likeness (QED) is 0.157. The summed E-state index contributed by atoms with van der Waals surface area (Å²) >= 11 is 0. The molecule has 3 rings (SSSR count). The van der Waals surface area contributed by atoms with Crippen LogP contribution >= 0.6 is 0 Å². The van der Waals surface area contributed by atoms with Crippen LogP contribution in [0.1, 0.15) is 31.2 Å². The lowest BCUT2D eigenvalue weighted by atomic mass is 9.95. The molecule has 4 N–H and O–H groups in total. The Morgan fingerprint density at radius 3 is 2.72 bits per heavy atom. The number of nitrogens with one attached hydrogen (secondary N) is 3. The lowest BCUT2D eigenvalue weighted by Crippen LogP contribution is -2.45. The minimum Gasteiger partial charge on any atom is -0.490 e. The number of hydrogen-bond donors (Lipinski definition) is 4. The SMILES string of the molecule is CCOc1cc([C@@H]2NC(=O)NC(C)=C2C(=O)OC)ccc1OC[C@H](O)N/N=C\c1ccc(N(C)C)o1. The first-order valence-electron chi connectivity index (χ1n) is 11.2. The molecular weight excluding hydrogens is 470 g/mol. The van der Waals surface area contributed by atoms with E-state index in [2.05, 4.69) is 21.2 Å². The molecule has 36 heavy (non-hydrogen) atoms. The van der Waals surface area contributed by atoms with Gasteiger partial charge in [0.15, 0.2) is 23.6 Å². The molecular formula is C24H31N5O7. The van der Waals surface area contributed by atoms with Gasteiger partial charge in [-0.15, -0.1) is 0 Å². The van der Waals surface area contributed by atoms with E-state index >= 15 is 0 Å². The van der Waals surface area contributed by atoms with E-state index in [1.54, 1.807) is 37.3 Å². The maximum Gasteiger partial charge on any atom is 0.337 e. The molecule has 1 aromatic carbocycles. The van der Waals surface area contributed by atoms with Crippen molar-refractivity contribution in [3.05, 3.63) is 52.9 Å². The van der Waals surface area contributed by atoms with Crippen LogP contribution in [0.4, 0.5) is 10.7 Å². The first kappa shape index (κ1) is 26.4. The molecule has 0 radical (unpaired) electrons. The Hall–Kier alpha value is -4.19. The van der Waals surface area contributed by atoms with Crippen LogP contribution in [0.3, 0.4) is 0 Å². The summed E-state index contributed by atoms with van der Waals surface area (Å²) in [5.74, 6) is 1.39. The number of carbonyl (C=O) groups is 2. The fraction of sp³-hybridized carbons (Fsp3) is 0.375. The first-order chi connectivity index (χ1) is 17.2. The third-order valence-corrected chi connectivity index (χ3v) is 5.14. The van der Waals surface area contributed by atoms with Crippen molar-refractivity contribution >= 4 is 24.1 Å². The Morgan fingerprint density at radius 2 is 2.06 bits per heavy atom. The normalized spacial score (nSPS) is 16.3. The zero-order valence-electron chi connectivity index (χ0n) is 20.8. The largest absolute Gasteiger partial charge is 0.490 e. The van der Waals surface area contributed by atoms with Crippen molar-refractivity contribution in [3.63, 3.8) is 0 Å². The number of aliphatic hydroxyl groups excluding tert-OH is 1. The Kier molecular flexibility index (Phi) is 8.79. The van der Waals surface area contributed by atoms with Gasteiger partial charge >= 0.3 is 12.0 Å². The number of rotatable bonds is 11. The fourth-order valence-corrected chi connectivity index (χ4v) is 3.46. The molecule has 0 saturated carbocycles. The number of benzene rings is 1. The van der Waals surface area contributed by atoms with E-state index in [9.17, 15) is 14.7 Å². The van der Waals surface area contributed by atoms with Crippen LogP contribution in [0.5, 0.6) is 11.5 Å². The smallest absolute Gasteiger partial charge is 0.337 e. The summed E-state index contributed by atoms with van der Waals surface area (Å²) in [7, 11) is 5.00. The van der Waals surface area contributed by atoms with Crippen LogP contribution in [0.25, 0.3) is 0 Å². The van der Waals surface area contributed by atoms with Gasteiger partial charge in [-0.1, -0.05) is 6.07 Å². The topological polar surface area (TPSA) is 147 Å². The second-order valence-electron chi connectivity index (χ2n) is 7.99. The highest BCUT2D eigenvalue weighted by atomic mass is 16.5. The van der Waals surface area contributed by atoms with Crippen molar-refractivity contribution in [2.75, 3.05) is 39.3 Å². The number of urea groups is 1. The molecule has 1 aromatic heterocycles. The molecule has 1 aliphatic rings. The van der Waals surface area contributed by atoms with Crippen molar-refractivity contribution in [2.24, 2.45) is 5.10 Å². The maximum absolute atomic E-state index is 12.3. The number of furan rings is 1. The van der Waals surface area contributed by atoms with Gasteiger partial charge in [-0.25, -0.2) is 9.59 Å². The number of ether oxygens (including phenoxy) is 3. The van der Waals surface area contributed by atoms with Gasteiger partial charge in [0.1, 0.15) is 12.4 Å². The minimum atomic E-state index is -1.11. The number of esters is 1. The van der Waals surface area contributed by atoms with Crippen molar-refractivity contribution in [1.82, 2.24) is 16.1 Å². The average molecular weight is 502 g/mol. The number of hydrogen-bond acceptors (Lipinski definition) is 10. The first-order valence-corrected chi connectivity index (χ1v) is 11.2. The number of amides is 2. The van der Waals surface area contributed by atoms with Crippen LogP contribution < -0.4 is 30.4 Å². The highest BCUT2D eigenvalue weighted by molar-refractivity contribution is 5.95. The summed E-state index contributed by atoms with van der Waals surface area (Å²) in [6.45, 7) is 3.66. The average Bonchev–Trinajstić information content (AvgIpc) is 3.32. The molecule has 2 aromatic rings. The molecule has 0 spiro atoms. The van der Waals surface area contributed by atoms with Crippen LogP contribution in [-0.2, 0) is 9.53 Å². The van der Waals surface area contributed by atoms with E-state index in [4.69, 9.17) is 18.6 Å². The standard InChI is InChI=1S/C24H31N5O7/c1-6-34-18-11-15(22-21(23(31)33-5)14(2)26-24(32)27-22)7-9-17(18)35-13-19(30)28-25-12-16-8-10-20(36-16)29(3)4/h7-12,19,22,28,30H,6,13H2,1-5H3,(H2,26,27,32)/b25-12-/t19-,22-/m0/s1. The van der Waals surface area contributed by atoms with Crippen molar-refractivity contribution in [2.45, 2.75) is 26.1 Å². The van der Waals surface area contributed by atoms with Crippen molar-refractivity contribution in [3.8, 4) is 11.5 Å². The Labute approximate surface area is 208 Å². The summed E-state index contributed by atoms with van der Waals surface area (Å²) in [6.07, 6.45) is 0.331. The molecule has 1 aliphatic heterocycles. The molecule has 0 bridgehead atoms. The van der Waals surface area contributed by atoms with Crippen LogP contribution in [-0.4, -0.2) is 64.0 Å². The third-order valence-electron chi connectivity index (χ3n) is 5.14.